The lowest BCUT2D eigenvalue weighted by molar-refractivity contribution is -0.266. The van der Waals surface area contributed by atoms with Crippen LogP contribution in [0.2, 0.25) is 0 Å². The minimum absolute atomic E-state index is 0.0510. The maximum Gasteiger partial charge on any atom is 0.345 e. The van der Waals surface area contributed by atoms with Gasteiger partial charge in [-0.2, -0.15) is 0 Å². The molecule has 0 spiro atoms. The smallest absolute Gasteiger partial charge is 0.345 e. The molecule has 0 radical (unpaired) electrons. The largest absolute Gasteiger partial charge is 0.488 e. The van der Waals surface area contributed by atoms with Crippen molar-refractivity contribution in [3.05, 3.63) is 94.5 Å². The van der Waals surface area contributed by atoms with Crippen molar-refractivity contribution >= 4 is 11.8 Å². The summed E-state index contributed by atoms with van der Waals surface area (Å²) in [6.45, 7) is 9.25. The average molecular weight is 659 g/mol. The Kier molecular flexibility index (Phi) is 12.3. The third-order valence-electron chi connectivity index (χ3n) is 9.37. The summed E-state index contributed by atoms with van der Waals surface area (Å²) < 4.78 is 36.8. The minimum atomic E-state index is -0.661. The second-order valence-corrected chi connectivity index (χ2v) is 13.4. The van der Waals surface area contributed by atoms with Gasteiger partial charge < -0.3 is 28.4 Å². The summed E-state index contributed by atoms with van der Waals surface area (Å²) in [6.07, 6.45) is 4.13. The van der Waals surface area contributed by atoms with E-state index in [-0.39, 0.29) is 48.9 Å². The van der Waals surface area contributed by atoms with Gasteiger partial charge in [-0.05, 0) is 49.4 Å². The Morgan fingerprint density at radius 3 is 2.15 bits per heavy atom. The van der Waals surface area contributed by atoms with Crippen molar-refractivity contribution in [2.45, 2.75) is 97.4 Å². The van der Waals surface area contributed by atoms with E-state index in [1.165, 1.54) is 7.11 Å². The maximum absolute atomic E-state index is 14.0. The van der Waals surface area contributed by atoms with Crippen molar-refractivity contribution in [2.75, 3.05) is 20.3 Å². The number of methoxy groups -OCH3 is 1. The molecule has 8 nitrogen and oxygen atoms in total. The van der Waals surface area contributed by atoms with Crippen molar-refractivity contribution < 1.29 is 38.0 Å². The molecule has 0 aliphatic carbocycles. The van der Waals surface area contributed by atoms with Crippen molar-refractivity contribution in [1.82, 2.24) is 0 Å². The molecule has 0 saturated carbocycles. The van der Waals surface area contributed by atoms with E-state index in [4.69, 9.17) is 28.4 Å². The van der Waals surface area contributed by atoms with Crippen LogP contribution in [0, 0.1) is 11.8 Å². The third-order valence-corrected chi connectivity index (χ3v) is 9.37. The summed E-state index contributed by atoms with van der Waals surface area (Å²) in [5.41, 5.74) is 3.77. The van der Waals surface area contributed by atoms with Gasteiger partial charge in [-0.15, -0.1) is 0 Å². The lowest BCUT2D eigenvalue weighted by Crippen LogP contribution is -2.43. The first kappa shape index (κ1) is 35.6. The third kappa shape index (κ3) is 9.04. The number of ether oxygens (including phenoxy) is 6. The fraction of sp³-hybridized carbons (Fsp3) is 0.500. The molecular formula is C40H50O8. The number of carbonyl (C=O) groups is 2. The van der Waals surface area contributed by atoms with E-state index in [1.54, 1.807) is 0 Å². The first-order chi connectivity index (χ1) is 23.2. The van der Waals surface area contributed by atoms with Crippen LogP contribution in [0.25, 0.3) is 0 Å². The summed E-state index contributed by atoms with van der Waals surface area (Å²) in [5, 5.41) is 0. The summed E-state index contributed by atoms with van der Waals surface area (Å²) in [7, 11) is 1.35. The van der Waals surface area contributed by atoms with Gasteiger partial charge in [-0.1, -0.05) is 93.8 Å². The number of benzene rings is 3. The number of rotatable bonds is 15. The molecule has 5 rings (SSSR count). The van der Waals surface area contributed by atoms with Crippen LogP contribution >= 0.6 is 0 Å². The van der Waals surface area contributed by atoms with E-state index in [0.29, 0.717) is 36.7 Å². The van der Waals surface area contributed by atoms with Crippen molar-refractivity contribution in [3.63, 3.8) is 0 Å². The van der Waals surface area contributed by atoms with Crippen LogP contribution in [0.3, 0.4) is 0 Å². The Bertz CT molecular complexity index is 1490. The molecule has 0 bridgehead atoms. The number of esters is 1. The molecule has 8 heteroatoms. The Morgan fingerprint density at radius 1 is 0.917 bits per heavy atom. The topological polar surface area (TPSA) is 89.5 Å². The molecule has 3 atom stereocenters. The van der Waals surface area contributed by atoms with Gasteiger partial charge >= 0.3 is 5.97 Å². The first-order valence-corrected chi connectivity index (χ1v) is 17.3. The van der Waals surface area contributed by atoms with Gasteiger partial charge in [0.05, 0.1) is 32.5 Å². The van der Waals surface area contributed by atoms with Crippen LogP contribution in [0.5, 0.6) is 11.5 Å². The normalized spacial score (nSPS) is 19.6. The van der Waals surface area contributed by atoms with Crippen LogP contribution in [-0.2, 0) is 43.4 Å². The quantitative estimate of drug-likeness (QED) is 0.119. The zero-order chi connectivity index (χ0) is 34.1. The summed E-state index contributed by atoms with van der Waals surface area (Å²) in [4.78, 5) is 27.6. The molecule has 1 saturated heterocycles. The molecule has 0 amide bonds. The van der Waals surface area contributed by atoms with Crippen LogP contribution in [0.1, 0.15) is 98.5 Å². The van der Waals surface area contributed by atoms with Gasteiger partial charge in [0.2, 0.25) is 0 Å². The van der Waals surface area contributed by atoms with Crippen molar-refractivity contribution in [3.8, 4) is 11.5 Å². The Balaban J connectivity index is 1.54. The second-order valence-electron chi connectivity index (χ2n) is 13.4. The highest BCUT2D eigenvalue weighted by molar-refractivity contribution is 5.97. The molecule has 3 aromatic carbocycles. The lowest BCUT2D eigenvalue weighted by atomic mass is 9.83. The van der Waals surface area contributed by atoms with E-state index in [1.807, 2.05) is 87.5 Å². The number of hydrogen-bond acceptors (Lipinski definition) is 8. The SMILES string of the molecule is CCCCC[C@@H]1Cc2cc(OCc3ccccc3)c(C(=O)OC)c(OCc3ccccc3)c2C(CC(=O)C(C)C2COC(C)(C)OC2)O1. The molecular weight excluding hydrogens is 608 g/mol. The van der Waals surface area contributed by atoms with Crippen molar-refractivity contribution in [1.29, 1.82) is 0 Å². The molecule has 2 heterocycles. The fourth-order valence-electron chi connectivity index (χ4n) is 6.41. The Morgan fingerprint density at radius 2 is 1.54 bits per heavy atom. The highest BCUT2D eigenvalue weighted by Gasteiger charge is 2.39. The number of carbonyl (C=O) groups excluding carboxylic acids is 2. The van der Waals surface area contributed by atoms with E-state index < -0.39 is 17.9 Å². The monoisotopic (exact) mass is 658 g/mol. The molecule has 2 aliphatic rings. The second kappa shape index (κ2) is 16.6. The predicted octanol–water partition coefficient (Wildman–Crippen LogP) is 8.19. The minimum Gasteiger partial charge on any atom is -0.488 e. The summed E-state index contributed by atoms with van der Waals surface area (Å²) in [6, 6.07) is 21.5. The standard InChI is InChI=1S/C40H50O8/c1-6-7-10-19-32-20-30-21-34(44-23-28-15-11-8-12-16-28)37(39(42)43-5)38(45-24-29-17-13-9-14-18-29)36(30)35(48-32)22-33(41)27(2)31-25-46-40(3,4)47-26-31/h8-9,11-18,21,27,31-32,35H,6-7,10,19-20,22-26H2,1-5H3/t27?,32-,35?/m1/s1. The number of fused-ring (bicyclic) bond motifs is 1. The van der Waals surface area contributed by atoms with E-state index in [9.17, 15) is 9.59 Å². The summed E-state index contributed by atoms with van der Waals surface area (Å²) in [5.74, 6) is -0.833. The van der Waals surface area contributed by atoms with E-state index >= 15 is 0 Å². The summed E-state index contributed by atoms with van der Waals surface area (Å²) >= 11 is 0. The van der Waals surface area contributed by atoms with Crippen LogP contribution in [0.15, 0.2) is 66.7 Å². The van der Waals surface area contributed by atoms with E-state index in [2.05, 4.69) is 6.92 Å². The van der Waals surface area contributed by atoms with Crippen LogP contribution < -0.4 is 9.47 Å². The fourth-order valence-corrected chi connectivity index (χ4v) is 6.41. The Labute approximate surface area is 285 Å². The van der Waals surface area contributed by atoms with Gasteiger partial charge in [0.25, 0.3) is 0 Å². The number of Topliss-reactive ketones (excluding diaryl/α,β-unsaturated/α-hetero) is 1. The number of ketones is 1. The molecule has 2 unspecified atom stereocenters. The average Bonchev–Trinajstić information content (AvgIpc) is 3.09. The van der Waals surface area contributed by atoms with Crippen LogP contribution in [-0.4, -0.2) is 44.0 Å². The van der Waals surface area contributed by atoms with E-state index in [0.717, 1.165) is 42.4 Å². The van der Waals surface area contributed by atoms with Gasteiger partial charge in [-0.3, -0.25) is 4.79 Å². The highest BCUT2D eigenvalue weighted by Crippen LogP contribution is 2.46. The zero-order valence-electron chi connectivity index (χ0n) is 29.0. The van der Waals surface area contributed by atoms with Gasteiger partial charge in [-0.25, -0.2) is 4.79 Å². The molecule has 0 aromatic heterocycles. The number of unbranched alkanes of at least 4 members (excludes halogenated alkanes) is 2. The highest BCUT2D eigenvalue weighted by atomic mass is 16.7. The zero-order valence-corrected chi connectivity index (χ0v) is 29.0. The predicted molar refractivity (Wildman–Crippen MR) is 183 cm³/mol. The Hall–Kier alpha value is -3.72. The molecule has 1 fully saturated rings. The molecule has 3 aromatic rings. The van der Waals surface area contributed by atoms with Crippen LogP contribution in [0.4, 0.5) is 0 Å². The van der Waals surface area contributed by atoms with Gasteiger partial charge in [0.15, 0.2) is 5.79 Å². The maximum atomic E-state index is 14.0. The molecule has 258 valence electrons. The lowest BCUT2D eigenvalue weighted by Gasteiger charge is -2.38. The molecule has 0 N–H and O–H groups in total. The molecule has 2 aliphatic heterocycles. The first-order valence-electron chi connectivity index (χ1n) is 17.3. The van der Waals surface area contributed by atoms with Gasteiger partial charge in [0, 0.05) is 23.8 Å². The van der Waals surface area contributed by atoms with Gasteiger partial charge in [0.1, 0.15) is 36.1 Å². The molecule has 48 heavy (non-hydrogen) atoms. The van der Waals surface area contributed by atoms with Crippen molar-refractivity contribution in [2.24, 2.45) is 11.8 Å². The number of hydrogen-bond donors (Lipinski definition) is 0.